The third-order valence-corrected chi connectivity index (χ3v) is 3.10. The van der Waals surface area contributed by atoms with Crippen LogP contribution < -0.4 is 10.1 Å². The van der Waals surface area contributed by atoms with E-state index in [1.807, 2.05) is 13.0 Å². The Balaban J connectivity index is 2.09. The molecule has 20 heavy (non-hydrogen) atoms. The molecule has 108 valence electrons. The summed E-state index contributed by atoms with van der Waals surface area (Å²) in [7, 11) is 0. The van der Waals surface area contributed by atoms with Gasteiger partial charge in [0.1, 0.15) is 5.75 Å². The lowest BCUT2D eigenvalue weighted by Gasteiger charge is -2.19. The normalized spacial score (nSPS) is 15.4. The molecule has 1 heterocycles. The molecule has 0 saturated carbocycles. The molecule has 2 amide bonds. The first kappa shape index (κ1) is 14.4. The third-order valence-electron chi connectivity index (χ3n) is 3.10. The van der Waals surface area contributed by atoms with Gasteiger partial charge in [0.15, 0.2) is 0 Å². The number of amides is 2. The molecular weight excluding hydrogens is 256 g/mol. The van der Waals surface area contributed by atoms with Crippen LogP contribution in [0.5, 0.6) is 5.75 Å². The van der Waals surface area contributed by atoms with Gasteiger partial charge in [-0.25, -0.2) is 0 Å². The van der Waals surface area contributed by atoms with Crippen LogP contribution in [0.25, 0.3) is 0 Å². The number of carbonyl (C=O) groups excluding carboxylic acids is 2. The molecule has 1 N–H and O–H groups in total. The summed E-state index contributed by atoms with van der Waals surface area (Å²) in [5, 5.41) is 2.76. The highest BCUT2D eigenvalue weighted by Crippen LogP contribution is 2.16. The Kier molecular flexibility index (Phi) is 4.98. The molecule has 1 aromatic rings. The van der Waals surface area contributed by atoms with Crippen molar-refractivity contribution in [3.63, 3.8) is 0 Å². The van der Waals surface area contributed by atoms with E-state index in [0.717, 1.165) is 12.8 Å². The molecule has 0 aliphatic carbocycles. The van der Waals surface area contributed by atoms with E-state index in [-0.39, 0.29) is 18.4 Å². The van der Waals surface area contributed by atoms with Crippen LogP contribution in [0.1, 0.15) is 30.1 Å². The summed E-state index contributed by atoms with van der Waals surface area (Å²) in [6.07, 6.45) is 1.70. The zero-order valence-corrected chi connectivity index (χ0v) is 11.7. The first-order chi connectivity index (χ1) is 9.70. The van der Waals surface area contributed by atoms with E-state index in [4.69, 9.17) is 4.74 Å². The van der Waals surface area contributed by atoms with Crippen LogP contribution in [0.3, 0.4) is 0 Å². The lowest BCUT2D eigenvalue weighted by Crippen LogP contribution is -2.37. The van der Waals surface area contributed by atoms with Crippen molar-refractivity contribution in [2.45, 2.75) is 19.8 Å². The summed E-state index contributed by atoms with van der Waals surface area (Å²) in [5.41, 5.74) is 0.563. The van der Waals surface area contributed by atoms with Crippen molar-refractivity contribution in [1.82, 2.24) is 10.2 Å². The topological polar surface area (TPSA) is 58.6 Å². The minimum absolute atomic E-state index is 0.103. The molecular formula is C15H20N2O3. The van der Waals surface area contributed by atoms with Crippen LogP contribution in [-0.4, -0.2) is 43.0 Å². The van der Waals surface area contributed by atoms with Crippen molar-refractivity contribution in [2.24, 2.45) is 0 Å². The van der Waals surface area contributed by atoms with E-state index in [0.29, 0.717) is 31.0 Å². The number of nitrogens with one attached hydrogen (secondary N) is 1. The quantitative estimate of drug-likeness (QED) is 0.905. The molecule has 1 aromatic carbocycles. The van der Waals surface area contributed by atoms with Crippen molar-refractivity contribution in [1.29, 1.82) is 0 Å². The maximum absolute atomic E-state index is 12.4. The smallest absolute Gasteiger partial charge is 0.254 e. The fraction of sp³-hybridized carbons (Fsp3) is 0.467. The minimum atomic E-state index is -0.121. The highest BCUT2D eigenvalue weighted by molar-refractivity contribution is 5.97. The van der Waals surface area contributed by atoms with Crippen LogP contribution >= 0.6 is 0 Å². The summed E-state index contributed by atoms with van der Waals surface area (Å²) in [5.74, 6) is 0.468. The maximum atomic E-state index is 12.4. The SMILES string of the molecule is CCCOc1cccc(C(=O)N2CCCNC(=O)C2)c1. The van der Waals surface area contributed by atoms with Crippen molar-refractivity contribution in [3.8, 4) is 5.75 Å². The van der Waals surface area contributed by atoms with Crippen LogP contribution in [-0.2, 0) is 4.79 Å². The Morgan fingerprint density at radius 2 is 2.30 bits per heavy atom. The summed E-state index contributed by atoms with van der Waals surface area (Å²) in [6, 6.07) is 7.13. The van der Waals surface area contributed by atoms with Crippen LogP contribution in [0.2, 0.25) is 0 Å². The molecule has 0 radical (unpaired) electrons. The van der Waals surface area contributed by atoms with Crippen LogP contribution in [0.4, 0.5) is 0 Å². The molecule has 0 atom stereocenters. The van der Waals surface area contributed by atoms with Gasteiger partial charge in [0, 0.05) is 18.7 Å². The molecule has 5 heteroatoms. The second-order valence-corrected chi connectivity index (χ2v) is 4.81. The summed E-state index contributed by atoms with van der Waals surface area (Å²) >= 11 is 0. The predicted molar refractivity (Wildman–Crippen MR) is 75.8 cm³/mol. The average Bonchev–Trinajstić information content (AvgIpc) is 2.69. The van der Waals surface area contributed by atoms with Gasteiger partial charge in [0.2, 0.25) is 5.91 Å². The number of carbonyl (C=O) groups is 2. The van der Waals surface area contributed by atoms with E-state index in [2.05, 4.69) is 5.32 Å². The Labute approximate surface area is 118 Å². The predicted octanol–water partition coefficient (Wildman–Crippen LogP) is 1.44. The van der Waals surface area contributed by atoms with E-state index in [1.54, 1.807) is 23.1 Å². The fourth-order valence-corrected chi connectivity index (χ4v) is 2.10. The lowest BCUT2D eigenvalue weighted by atomic mass is 10.2. The number of benzene rings is 1. The van der Waals surface area contributed by atoms with Crippen molar-refractivity contribution in [3.05, 3.63) is 29.8 Å². The number of rotatable bonds is 4. The molecule has 5 nitrogen and oxygen atoms in total. The summed E-state index contributed by atoms with van der Waals surface area (Å²) in [6.45, 7) is 4.01. The molecule has 1 saturated heterocycles. The van der Waals surface area contributed by atoms with Gasteiger partial charge in [-0.2, -0.15) is 0 Å². The van der Waals surface area contributed by atoms with E-state index < -0.39 is 0 Å². The van der Waals surface area contributed by atoms with Gasteiger partial charge in [-0.3, -0.25) is 9.59 Å². The minimum Gasteiger partial charge on any atom is -0.494 e. The van der Waals surface area contributed by atoms with E-state index >= 15 is 0 Å². The maximum Gasteiger partial charge on any atom is 0.254 e. The number of hydrogen-bond donors (Lipinski definition) is 1. The molecule has 1 aliphatic rings. The Morgan fingerprint density at radius 3 is 3.10 bits per heavy atom. The Bertz CT molecular complexity index is 488. The molecule has 0 aromatic heterocycles. The second-order valence-electron chi connectivity index (χ2n) is 4.81. The number of hydrogen-bond acceptors (Lipinski definition) is 3. The van der Waals surface area contributed by atoms with Gasteiger partial charge < -0.3 is 15.0 Å². The fourth-order valence-electron chi connectivity index (χ4n) is 2.10. The van der Waals surface area contributed by atoms with Gasteiger partial charge in [0.05, 0.1) is 13.2 Å². The van der Waals surface area contributed by atoms with Gasteiger partial charge in [0.25, 0.3) is 5.91 Å². The number of nitrogens with zero attached hydrogens (tertiary/aromatic N) is 1. The van der Waals surface area contributed by atoms with Crippen LogP contribution in [0, 0.1) is 0 Å². The first-order valence-electron chi connectivity index (χ1n) is 6.99. The van der Waals surface area contributed by atoms with Gasteiger partial charge in [-0.15, -0.1) is 0 Å². The van der Waals surface area contributed by atoms with Gasteiger partial charge >= 0.3 is 0 Å². The standard InChI is InChI=1S/C15H20N2O3/c1-2-9-20-13-6-3-5-12(10-13)15(19)17-8-4-7-16-14(18)11-17/h3,5-6,10H,2,4,7-9,11H2,1H3,(H,16,18). The monoisotopic (exact) mass is 276 g/mol. The molecule has 0 bridgehead atoms. The van der Waals surface area contributed by atoms with Crippen molar-refractivity contribution < 1.29 is 14.3 Å². The van der Waals surface area contributed by atoms with Crippen molar-refractivity contribution >= 4 is 11.8 Å². The Hall–Kier alpha value is -2.04. The van der Waals surface area contributed by atoms with E-state index in [1.165, 1.54) is 0 Å². The number of ether oxygens (including phenoxy) is 1. The zero-order chi connectivity index (χ0) is 14.4. The summed E-state index contributed by atoms with van der Waals surface area (Å²) in [4.78, 5) is 25.5. The van der Waals surface area contributed by atoms with Crippen LogP contribution in [0.15, 0.2) is 24.3 Å². The molecule has 0 unspecified atom stereocenters. The van der Waals surface area contributed by atoms with Gasteiger partial charge in [-0.1, -0.05) is 13.0 Å². The highest BCUT2D eigenvalue weighted by atomic mass is 16.5. The van der Waals surface area contributed by atoms with Gasteiger partial charge in [-0.05, 0) is 31.0 Å². The molecule has 1 aliphatic heterocycles. The third kappa shape index (κ3) is 3.73. The molecule has 0 spiro atoms. The molecule has 2 rings (SSSR count). The largest absolute Gasteiger partial charge is 0.494 e. The van der Waals surface area contributed by atoms with Crippen molar-refractivity contribution in [2.75, 3.05) is 26.2 Å². The van der Waals surface area contributed by atoms with E-state index in [9.17, 15) is 9.59 Å². The highest BCUT2D eigenvalue weighted by Gasteiger charge is 2.21. The molecule has 1 fully saturated rings. The zero-order valence-electron chi connectivity index (χ0n) is 11.7. The lowest BCUT2D eigenvalue weighted by molar-refractivity contribution is -0.121. The summed E-state index contributed by atoms with van der Waals surface area (Å²) < 4.78 is 5.53. The first-order valence-corrected chi connectivity index (χ1v) is 6.99. The Morgan fingerprint density at radius 1 is 1.45 bits per heavy atom. The second kappa shape index (κ2) is 6.93. The average molecular weight is 276 g/mol.